The average Bonchev–Trinajstić information content (AvgIpc) is 3.20. The minimum atomic E-state index is -0.173. The molecule has 6 rings (SSSR count). The number of rotatable bonds is 2. The lowest BCUT2D eigenvalue weighted by Crippen LogP contribution is -2.43. The molecule has 32 heavy (non-hydrogen) atoms. The van der Waals surface area contributed by atoms with Gasteiger partial charge >= 0.3 is 0 Å². The van der Waals surface area contributed by atoms with Gasteiger partial charge in [-0.05, 0) is 61.3 Å². The van der Waals surface area contributed by atoms with Gasteiger partial charge in [-0.25, -0.2) is 9.67 Å². The number of aromatic nitrogens is 4. The number of aromatic amines is 1. The van der Waals surface area contributed by atoms with E-state index in [1.54, 1.807) is 11.7 Å². The van der Waals surface area contributed by atoms with Gasteiger partial charge in [0.2, 0.25) is 10.5 Å². The van der Waals surface area contributed by atoms with Crippen molar-refractivity contribution >= 4 is 18.0 Å². The van der Waals surface area contributed by atoms with E-state index < -0.39 is 0 Å². The van der Waals surface area contributed by atoms with Gasteiger partial charge < -0.3 is 4.74 Å². The van der Waals surface area contributed by atoms with E-state index in [9.17, 15) is 4.79 Å². The van der Waals surface area contributed by atoms with Crippen molar-refractivity contribution in [2.24, 2.45) is 0 Å². The summed E-state index contributed by atoms with van der Waals surface area (Å²) in [5.74, 6) is 1.25. The fourth-order valence-corrected chi connectivity index (χ4v) is 5.99. The third-order valence-electron chi connectivity index (χ3n) is 7.20. The van der Waals surface area contributed by atoms with Gasteiger partial charge in [0.1, 0.15) is 5.75 Å². The molecule has 2 aromatic heterocycles. The van der Waals surface area contributed by atoms with E-state index >= 15 is 0 Å². The Balaban J connectivity index is 1.77. The summed E-state index contributed by atoms with van der Waals surface area (Å²) >= 11 is 5.69. The molecule has 2 aromatic carbocycles. The van der Waals surface area contributed by atoms with Crippen LogP contribution in [0.1, 0.15) is 43.2 Å². The number of benzene rings is 2. The number of fused-ring (bicyclic) bond motifs is 6. The van der Waals surface area contributed by atoms with E-state index in [0.717, 1.165) is 60.4 Å². The largest absolute Gasteiger partial charge is 0.497 e. The van der Waals surface area contributed by atoms with Crippen LogP contribution >= 0.6 is 12.2 Å². The molecule has 0 radical (unpaired) electrons. The molecular weight excluding hydrogens is 420 g/mol. The van der Waals surface area contributed by atoms with Crippen LogP contribution in [0.4, 0.5) is 0 Å². The summed E-state index contributed by atoms with van der Waals surface area (Å²) in [6.07, 6.45) is 6.42. The highest BCUT2D eigenvalue weighted by atomic mass is 32.1. The summed E-state index contributed by atoms with van der Waals surface area (Å²) < 4.78 is 9.48. The van der Waals surface area contributed by atoms with Crippen LogP contribution in [0.3, 0.4) is 0 Å². The normalized spacial score (nSPS) is 16.7. The fraction of sp³-hybridized carbons (Fsp3) is 0.320. The Hall–Kier alpha value is -3.19. The number of hydrogen-bond acceptors (Lipinski definition) is 4. The minimum absolute atomic E-state index is 0.00284. The highest BCUT2D eigenvalue weighted by Gasteiger charge is 2.44. The third kappa shape index (κ3) is 2.67. The van der Waals surface area contributed by atoms with Crippen LogP contribution in [-0.2, 0) is 11.8 Å². The summed E-state index contributed by atoms with van der Waals surface area (Å²) in [6.45, 7) is 0. The lowest BCUT2D eigenvalue weighted by Gasteiger charge is -2.42. The van der Waals surface area contributed by atoms with E-state index in [0.29, 0.717) is 10.5 Å². The van der Waals surface area contributed by atoms with Gasteiger partial charge in [-0.3, -0.25) is 9.20 Å². The quantitative estimate of drug-likeness (QED) is 0.443. The first-order valence-corrected chi connectivity index (χ1v) is 11.5. The van der Waals surface area contributed by atoms with E-state index in [1.807, 2.05) is 34.7 Å². The Morgan fingerprint density at radius 1 is 1.06 bits per heavy atom. The summed E-state index contributed by atoms with van der Waals surface area (Å²) in [7, 11) is 1.63. The van der Waals surface area contributed by atoms with Crippen molar-refractivity contribution in [3.63, 3.8) is 0 Å². The SMILES string of the molecule is COc1ccc(-n2c(=O)c3c(n4c(=S)[nH]nc24)-c2ccccc2CC32CCCCC2)cc1. The summed E-state index contributed by atoms with van der Waals surface area (Å²) in [5.41, 5.74) is 4.75. The zero-order chi connectivity index (χ0) is 21.9. The van der Waals surface area contributed by atoms with Crippen molar-refractivity contribution in [1.29, 1.82) is 0 Å². The van der Waals surface area contributed by atoms with Crippen LogP contribution in [0.5, 0.6) is 5.75 Å². The number of hydrogen-bond donors (Lipinski definition) is 1. The maximum absolute atomic E-state index is 14.3. The summed E-state index contributed by atoms with van der Waals surface area (Å²) in [6, 6.07) is 15.9. The Kier molecular flexibility index (Phi) is 4.37. The van der Waals surface area contributed by atoms with Crippen LogP contribution in [0.15, 0.2) is 53.3 Å². The van der Waals surface area contributed by atoms with Crippen molar-refractivity contribution in [3.8, 4) is 22.7 Å². The molecule has 0 unspecified atom stereocenters. The highest BCUT2D eigenvalue weighted by molar-refractivity contribution is 7.71. The molecule has 162 valence electrons. The number of nitrogens with one attached hydrogen (secondary N) is 1. The average molecular weight is 445 g/mol. The number of ether oxygens (including phenoxy) is 1. The van der Waals surface area contributed by atoms with Gasteiger partial charge in [0.05, 0.1) is 18.5 Å². The topological polar surface area (TPSA) is 64.3 Å². The lowest BCUT2D eigenvalue weighted by atomic mass is 9.62. The minimum Gasteiger partial charge on any atom is -0.497 e. The predicted molar refractivity (Wildman–Crippen MR) is 126 cm³/mol. The van der Waals surface area contributed by atoms with Crippen molar-refractivity contribution < 1.29 is 4.74 Å². The third-order valence-corrected chi connectivity index (χ3v) is 7.48. The van der Waals surface area contributed by atoms with Gasteiger partial charge in [-0.1, -0.05) is 43.5 Å². The Bertz CT molecular complexity index is 1460. The van der Waals surface area contributed by atoms with E-state index in [-0.39, 0.29) is 11.0 Å². The van der Waals surface area contributed by atoms with Gasteiger partial charge in [0, 0.05) is 16.5 Å². The zero-order valence-corrected chi connectivity index (χ0v) is 18.7. The van der Waals surface area contributed by atoms with Gasteiger partial charge in [-0.15, -0.1) is 5.10 Å². The zero-order valence-electron chi connectivity index (χ0n) is 17.9. The molecule has 1 fully saturated rings. The molecule has 4 aromatic rings. The van der Waals surface area contributed by atoms with Gasteiger partial charge in [-0.2, -0.15) is 0 Å². The van der Waals surface area contributed by atoms with Crippen molar-refractivity contribution in [3.05, 3.63) is 74.8 Å². The Morgan fingerprint density at radius 3 is 2.56 bits per heavy atom. The van der Waals surface area contributed by atoms with E-state index in [2.05, 4.69) is 28.4 Å². The summed E-state index contributed by atoms with van der Waals surface area (Å²) in [4.78, 5) is 14.3. The second kappa shape index (κ2) is 7.17. The second-order valence-corrected chi connectivity index (χ2v) is 9.29. The molecule has 2 heterocycles. The van der Waals surface area contributed by atoms with Gasteiger partial charge in [0.15, 0.2) is 0 Å². The molecule has 1 spiro atoms. The molecule has 1 N–H and O–H groups in total. The second-order valence-electron chi connectivity index (χ2n) is 8.90. The van der Waals surface area contributed by atoms with E-state index in [1.165, 1.54) is 12.0 Å². The van der Waals surface area contributed by atoms with Crippen LogP contribution < -0.4 is 10.3 Å². The molecule has 0 atom stereocenters. The Labute approximate surface area is 190 Å². The molecule has 2 aliphatic carbocycles. The summed E-state index contributed by atoms with van der Waals surface area (Å²) in [5, 5.41) is 7.43. The lowest BCUT2D eigenvalue weighted by molar-refractivity contribution is 0.284. The maximum Gasteiger partial charge on any atom is 0.263 e. The van der Waals surface area contributed by atoms with Crippen LogP contribution in [0.25, 0.3) is 22.7 Å². The standard InChI is InChI=1S/C25H24N4O2S/c1-31-18-11-9-17(10-12-18)28-22(30)20-21(29-23(28)26-27-24(29)32)19-8-4-3-7-16(19)15-25(20)13-5-2-6-14-25/h3-4,7-12H,2,5-6,13-15H2,1H3,(H,27,32). The van der Waals surface area contributed by atoms with Crippen LogP contribution in [0, 0.1) is 4.77 Å². The first kappa shape index (κ1) is 19.5. The first-order valence-electron chi connectivity index (χ1n) is 11.1. The maximum atomic E-state index is 14.3. The molecular formula is C25H24N4O2S. The molecule has 6 nitrogen and oxygen atoms in total. The molecule has 1 saturated carbocycles. The monoisotopic (exact) mass is 444 g/mol. The first-order chi connectivity index (χ1) is 15.6. The number of H-pyrrole nitrogens is 1. The van der Waals surface area contributed by atoms with Gasteiger partial charge in [0.25, 0.3) is 5.56 Å². The van der Waals surface area contributed by atoms with Crippen molar-refractivity contribution in [2.75, 3.05) is 7.11 Å². The Morgan fingerprint density at radius 2 is 1.81 bits per heavy atom. The van der Waals surface area contributed by atoms with Crippen molar-refractivity contribution in [1.82, 2.24) is 19.2 Å². The van der Waals surface area contributed by atoms with Crippen LogP contribution in [0.2, 0.25) is 0 Å². The van der Waals surface area contributed by atoms with Crippen LogP contribution in [-0.4, -0.2) is 26.3 Å². The fourth-order valence-electron chi connectivity index (χ4n) is 5.77. The smallest absolute Gasteiger partial charge is 0.263 e. The molecule has 0 aliphatic heterocycles. The molecule has 7 heteroatoms. The number of methoxy groups -OCH3 is 1. The predicted octanol–water partition coefficient (Wildman–Crippen LogP) is 4.98. The van der Waals surface area contributed by atoms with Crippen molar-refractivity contribution in [2.45, 2.75) is 43.9 Å². The molecule has 0 bridgehead atoms. The molecule has 2 aliphatic rings. The number of nitrogens with zero attached hydrogens (tertiary/aromatic N) is 3. The molecule has 0 amide bonds. The highest BCUT2D eigenvalue weighted by Crippen LogP contribution is 2.49. The van der Waals surface area contributed by atoms with E-state index in [4.69, 9.17) is 17.0 Å². The molecule has 0 saturated heterocycles.